The van der Waals surface area contributed by atoms with Crippen molar-refractivity contribution < 1.29 is 14.4 Å². The minimum absolute atomic E-state index is 0.715. The van der Waals surface area contributed by atoms with Gasteiger partial charge in [-0.15, -0.1) is 9.79 Å². The minimum Gasteiger partial charge on any atom is -0.192 e. The van der Waals surface area contributed by atoms with Crippen molar-refractivity contribution in [3.05, 3.63) is 35.9 Å². The van der Waals surface area contributed by atoms with Crippen molar-refractivity contribution in [1.29, 1.82) is 5.26 Å². The Morgan fingerprint density at radius 1 is 1.25 bits per heavy atom. The van der Waals surface area contributed by atoms with Gasteiger partial charge in [0.2, 0.25) is 0 Å². The first-order valence-corrected chi connectivity index (χ1v) is 4.13. The van der Waals surface area contributed by atoms with Gasteiger partial charge in [0.25, 0.3) is 0 Å². The minimum atomic E-state index is -2.87. The molecule has 62 valence electrons. The highest BCUT2D eigenvalue weighted by atomic mass is 31.1. The molecule has 5 heteroatoms. The Morgan fingerprint density at radius 2 is 1.67 bits per heavy atom. The van der Waals surface area contributed by atoms with E-state index in [4.69, 9.17) is 19.6 Å². The second kappa shape index (κ2) is 6.44. The Hall–Kier alpha value is -1.27. The number of rotatable bonds is 0. The molecule has 0 aliphatic heterocycles. The molecular formula is C7H7NO3P+. The average molecular weight is 184 g/mol. The first-order valence-electron chi connectivity index (χ1n) is 2.97. The maximum atomic E-state index is 8.70. The zero-order chi connectivity index (χ0) is 9.40. The maximum absolute atomic E-state index is 8.70. The molecule has 0 amide bonds. The molecule has 0 bridgehead atoms. The molecule has 0 atom stereocenters. The highest BCUT2D eigenvalue weighted by Crippen LogP contribution is 1.98. The summed E-state index contributed by atoms with van der Waals surface area (Å²) in [5.41, 5.74) is 0.715. The molecule has 12 heavy (non-hydrogen) atoms. The Balaban J connectivity index is 0.000000261. The highest BCUT2D eigenvalue weighted by molar-refractivity contribution is 7.30. The van der Waals surface area contributed by atoms with Gasteiger partial charge in [-0.05, 0) is 12.1 Å². The third-order valence-corrected chi connectivity index (χ3v) is 0.903. The van der Waals surface area contributed by atoms with Crippen LogP contribution in [0, 0.1) is 11.3 Å². The quantitative estimate of drug-likeness (QED) is 0.593. The molecule has 0 aromatic heterocycles. The summed E-state index contributed by atoms with van der Waals surface area (Å²) in [6.45, 7) is 0. The molecule has 0 heterocycles. The SMILES string of the molecule is N#Cc1ccccc1.O=[P+](O)O. The molecule has 0 saturated carbocycles. The molecule has 0 fully saturated rings. The number of hydrogen-bond acceptors (Lipinski definition) is 2. The zero-order valence-electron chi connectivity index (χ0n) is 6.08. The Bertz CT molecular complexity index is 276. The molecule has 0 radical (unpaired) electrons. The maximum Gasteiger partial charge on any atom is 0.692 e. The Kier molecular flexibility index (Phi) is 5.76. The first-order chi connectivity index (χ1) is 5.66. The van der Waals surface area contributed by atoms with E-state index in [0.29, 0.717) is 5.56 Å². The molecule has 0 saturated heterocycles. The summed E-state index contributed by atoms with van der Waals surface area (Å²) in [5, 5.41) is 8.29. The van der Waals surface area contributed by atoms with Crippen molar-refractivity contribution in [2.45, 2.75) is 0 Å². The van der Waals surface area contributed by atoms with Crippen LogP contribution in [0.1, 0.15) is 5.56 Å². The van der Waals surface area contributed by atoms with Gasteiger partial charge in [0.05, 0.1) is 11.6 Å². The Labute approximate surface area is 70.7 Å². The van der Waals surface area contributed by atoms with Gasteiger partial charge >= 0.3 is 8.25 Å². The van der Waals surface area contributed by atoms with Crippen molar-refractivity contribution >= 4 is 8.25 Å². The average Bonchev–Trinajstić information content (AvgIpc) is 2.05. The van der Waals surface area contributed by atoms with E-state index in [1.807, 2.05) is 24.3 Å². The predicted octanol–water partition coefficient (Wildman–Crippen LogP) is 1.19. The fraction of sp³-hybridized carbons (Fsp3) is 0. The molecule has 0 spiro atoms. The fourth-order valence-corrected chi connectivity index (χ4v) is 0.513. The van der Waals surface area contributed by atoms with Crippen LogP contribution >= 0.6 is 8.25 Å². The third-order valence-electron chi connectivity index (χ3n) is 0.903. The summed E-state index contributed by atoms with van der Waals surface area (Å²) in [6.07, 6.45) is 0. The topological polar surface area (TPSA) is 81.3 Å². The number of nitrogens with zero attached hydrogens (tertiary/aromatic N) is 1. The lowest BCUT2D eigenvalue weighted by Gasteiger charge is -1.80. The van der Waals surface area contributed by atoms with Crippen LogP contribution in [0.25, 0.3) is 0 Å². The van der Waals surface area contributed by atoms with Gasteiger partial charge < -0.3 is 0 Å². The van der Waals surface area contributed by atoms with Crippen LogP contribution < -0.4 is 0 Å². The smallest absolute Gasteiger partial charge is 0.192 e. The molecule has 2 N–H and O–H groups in total. The Morgan fingerprint density at radius 3 is 1.92 bits per heavy atom. The standard InChI is InChI=1S/C7H5N.HO3P/c8-6-7-4-2-1-3-5-7;1-4(2)3/h1-5H;(H-,1,2,3)/p+1. The van der Waals surface area contributed by atoms with Crippen LogP contribution in [0.5, 0.6) is 0 Å². The van der Waals surface area contributed by atoms with Gasteiger partial charge in [0.15, 0.2) is 0 Å². The van der Waals surface area contributed by atoms with E-state index in [2.05, 4.69) is 0 Å². The molecule has 0 unspecified atom stereocenters. The van der Waals surface area contributed by atoms with Crippen LogP contribution in [-0.2, 0) is 4.57 Å². The zero-order valence-corrected chi connectivity index (χ0v) is 6.98. The van der Waals surface area contributed by atoms with Gasteiger partial charge in [-0.2, -0.15) is 5.26 Å². The molecular weight excluding hydrogens is 177 g/mol. The van der Waals surface area contributed by atoms with Gasteiger partial charge in [-0.25, -0.2) is 0 Å². The summed E-state index contributed by atoms with van der Waals surface area (Å²) in [4.78, 5) is 14.2. The third kappa shape index (κ3) is 6.84. The summed E-state index contributed by atoms with van der Waals surface area (Å²) in [7, 11) is -2.87. The summed E-state index contributed by atoms with van der Waals surface area (Å²) >= 11 is 0. The number of nitriles is 1. The van der Waals surface area contributed by atoms with E-state index in [-0.39, 0.29) is 0 Å². The van der Waals surface area contributed by atoms with Crippen LogP contribution in [-0.4, -0.2) is 9.79 Å². The largest absolute Gasteiger partial charge is 0.692 e. The second-order valence-corrected chi connectivity index (χ2v) is 2.24. The number of benzene rings is 1. The van der Waals surface area contributed by atoms with Crippen LogP contribution in [0.4, 0.5) is 0 Å². The molecule has 0 aliphatic carbocycles. The van der Waals surface area contributed by atoms with Gasteiger partial charge in [0, 0.05) is 4.57 Å². The normalized spacial score (nSPS) is 7.42. The van der Waals surface area contributed by atoms with Crippen LogP contribution in [0.15, 0.2) is 30.3 Å². The van der Waals surface area contributed by atoms with Crippen molar-refractivity contribution in [1.82, 2.24) is 0 Å². The van der Waals surface area contributed by atoms with Crippen LogP contribution in [0.2, 0.25) is 0 Å². The predicted molar refractivity (Wildman–Crippen MR) is 43.2 cm³/mol. The molecule has 4 nitrogen and oxygen atoms in total. The summed E-state index contributed by atoms with van der Waals surface area (Å²) in [6, 6.07) is 11.2. The lowest BCUT2D eigenvalue weighted by Crippen LogP contribution is -1.66. The summed E-state index contributed by atoms with van der Waals surface area (Å²) in [5.74, 6) is 0. The van der Waals surface area contributed by atoms with E-state index >= 15 is 0 Å². The van der Waals surface area contributed by atoms with Crippen molar-refractivity contribution in [2.75, 3.05) is 0 Å². The summed E-state index contributed by atoms with van der Waals surface area (Å²) < 4.78 is 8.70. The van der Waals surface area contributed by atoms with E-state index in [1.54, 1.807) is 12.1 Å². The van der Waals surface area contributed by atoms with Gasteiger partial charge in [-0.3, -0.25) is 0 Å². The van der Waals surface area contributed by atoms with E-state index in [1.165, 1.54) is 0 Å². The van der Waals surface area contributed by atoms with Gasteiger partial charge in [0.1, 0.15) is 0 Å². The van der Waals surface area contributed by atoms with Gasteiger partial charge in [-0.1, -0.05) is 18.2 Å². The van der Waals surface area contributed by atoms with Crippen LogP contribution in [0.3, 0.4) is 0 Å². The lowest BCUT2D eigenvalue weighted by molar-refractivity contribution is 0.405. The fourth-order valence-electron chi connectivity index (χ4n) is 0.513. The second-order valence-electron chi connectivity index (χ2n) is 1.73. The van der Waals surface area contributed by atoms with E-state index in [0.717, 1.165) is 0 Å². The molecule has 1 aromatic rings. The molecule has 1 aromatic carbocycles. The number of hydrogen-bond donors (Lipinski definition) is 2. The monoisotopic (exact) mass is 184 g/mol. The first kappa shape index (κ1) is 10.7. The lowest BCUT2D eigenvalue weighted by atomic mass is 10.2. The molecule has 1 rings (SSSR count). The van der Waals surface area contributed by atoms with E-state index in [9.17, 15) is 0 Å². The van der Waals surface area contributed by atoms with Crippen molar-refractivity contribution in [2.24, 2.45) is 0 Å². The highest BCUT2D eigenvalue weighted by Gasteiger charge is 1.93. The molecule has 0 aliphatic rings. The van der Waals surface area contributed by atoms with Crippen molar-refractivity contribution in [3.63, 3.8) is 0 Å². The van der Waals surface area contributed by atoms with E-state index < -0.39 is 8.25 Å². The van der Waals surface area contributed by atoms with Crippen molar-refractivity contribution in [3.8, 4) is 6.07 Å².